The summed E-state index contributed by atoms with van der Waals surface area (Å²) in [6, 6.07) is 7.77. The van der Waals surface area contributed by atoms with Crippen LogP contribution in [0.15, 0.2) is 28.7 Å². The summed E-state index contributed by atoms with van der Waals surface area (Å²) in [6.07, 6.45) is 3.82. The minimum atomic E-state index is -0.144. The largest absolute Gasteiger partial charge is 0.341 e. The Morgan fingerprint density at radius 1 is 1.16 bits per heavy atom. The fourth-order valence-electron chi connectivity index (χ4n) is 3.82. The Morgan fingerprint density at radius 2 is 1.76 bits per heavy atom. The van der Waals surface area contributed by atoms with Crippen molar-refractivity contribution in [3.63, 3.8) is 0 Å². The summed E-state index contributed by atoms with van der Waals surface area (Å²) in [5.74, 6) is -0.498. The normalized spacial score (nSPS) is 22.9. The fourth-order valence-corrected chi connectivity index (χ4v) is 4.23. The van der Waals surface area contributed by atoms with Gasteiger partial charge in [-0.05, 0) is 24.5 Å². The number of amides is 3. The number of imide groups is 1. The van der Waals surface area contributed by atoms with Crippen LogP contribution in [0.2, 0.25) is 0 Å². The van der Waals surface area contributed by atoms with Crippen molar-refractivity contribution >= 4 is 33.7 Å². The summed E-state index contributed by atoms with van der Waals surface area (Å²) in [7, 11) is 1.75. The zero-order valence-electron chi connectivity index (χ0n) is 14.4. The van der Waals surface area contributed by atoms with E-state index in [1.54, 1.807) is 11.9 Å². The molecule has 1 aromatic rings. The first-order valence-electron chi connectivity index (χ1n) is 8.81. The van der Waals surface area contributed by atoms with Crippen molar-refractivity contribution in [2.45, 2.75) is 38.6 Å². The van der Waals surface area contributed by atoms with Crippen molar-refractivity contribution in [2.75, 3.05) is 13.6 Å². The summed E-state index contributed by atoms with van der Waals surface area (Å²) in [5.41, 5.74) is 1.03. The van der Waals surface area contributed by atoms with E-state index in [-0.39, 0.29) is 42.5 Å². The highest BCUT2D eigenvalue weighted by molar-refractivity contribution is 9.10. The Labute approximate surface area is 156 Å². The van der Waals surface area contributed by atoms with Crippen LogP contribution in [0.1, 0.15) is 37.7 Å². The van der Waals surface area contributed by atoms with Gasteiger partial charge in [-0.1, -0.05) is 47.0 Å². The molecule has 1 aliphatic carbocycles. The molecule has 0 spiro atoms. The summed E-state index contributed by atoms with van der Waals surface area (Å²) < 4.78 is 0.962. The van der Waals surface area contributed by atoms with E-state index in [1.165, 1.54) is 4.90 Å². The lowest BCUT2D eigenvalue weighted by molar-refractivity contribution is -0.140. The lowest BCUT2D eigenvalue weighted by atomic mass is 9.81. The second-order valence-corrected chi connectivity index (χ2v) is 7.77. The average Bonchev–Trinajstić information content (AvgIpc) is 2.86. The van der Waals surface area contributed by atoms with Gasteiger partial charge in [0.05, 0.1) is 11.8 Å². The number of nitrogens with zero attached hydrogens (tertiary/aromatic N) is 2. The van der Waals surface area contributed by atoms with E-state index in [0.29, 0.717) is 6.54 Å². The van der Waals surface area contributed by atoms with Gasteiger partial charge in [0.1, 0.15) is 0 Å². The number of fused-ring (bicyclic) bond motifs is 1. The van der Waals surface area contributed by atoms with E-state index in [4.69, 9.17) is 0 Å². The molecular formula is C19H23BrN2O3. The van der Waals surface area contributed by atoms with E-state index in [1.807, 2.05) is 24.3 Å². The SMILES string of the molecule is CN(Cc1ccccc1Br)C(=O)CCN1C(=O)C2CCCCC2C1=O. The molecule has 3 rings (SSSR count). The molecular weight excluding hydrogens is 384 g/mol. The molecule has 1 saturated carbocycles. The third-order valence-electron chi connectivity index (χ3n) is 5.27. The maximum absolute atomic E-state index is 12.4. The van der Waals surface area contributed by atoms with Crippen LogP contribution in [0.25, 0.3) is 0 Å². The van der Waals surface area contributed by atoms with Crippen molar-refractivity contribution in [3.8, 4) is 0 Å². The van der Waals surface area contributed by atoms with Crippen LogP contribution in [0.3, 0.4) is 0 Å². The van der Waals surface area contributed by atoms with Gasteiger partial charge in [0, 0.05) is 31.0 Å². The topological polar surface area (TPSA) is 57.7 Å². The van der Waals surface area contributed by atoms with Crippen molar-refractivity contribution in [2.24, 2.45) is 11.8 Å². The van der Waals surface area contributed by atoms with Gasteiger partial charge >= 0.3 is 0 Å². The van der Waals surface area contributed by atoms with Gasteiger partial charge in [0.15, 0.2) is 0 Å². The Bertz CT molecular complexity index is 667. The van der Waals surface area contributed by atoms with Gasteiger partial charge in [-0.2, -0.15) is 0 Å². The zero-order chi connectivity index (χ0) is 18.0. The summed E-state index contributed by atoms with van der Waals surface area (Å²) in [4.78, 5) is 40.3. The lowest BCUT2D eigenvalue weighted by Gasteiger charge is -2.20. The second kappa shape index (κ2) is 7.68. The molecule has 0 bridgehead atoms. The average molecular weight is 407 g/mol. The number of hydrogen-bond donors (Lipinski definition) is 0. The first-order chi connectivity index (χ1) is 12.0. The molecule has 25 heavy (non-hydrogen) atoms. The predicted octanol–water partition coefficient (Wildman–Crippen LogP) is 2.97. The Kier molecular flexibility index (Phi) is 5.57. The molecule has 5 nitrogen and oxygen atoms in total. The summed E-state index contributed by atoms with van der Waals surface area (Å²) in [6.45, 7) is 0.692. The third kappa shape index (κ3) is 3.78. The van der Waals surface area contributed by atoms with E-state index < -0.39 is 0 Å². The molecule has 1 aromatic carbocycles. The summed E-state index contributed by atoms with van der Waals surface area (Å²) >= 11 is 3.48. The highest BCUT2D eigenvalue weighted by Crippen LogP contribution is 2.38. The van der Waals surface area contributed by atoms with Crippen LogP contribution in [0.5, 0.6) is 0 Å². The number of likely N-dealkylation sites (tertiary alicyclic amines) is 1. The molecule has 2 unspecified atom stereocenters. The maximum Gasteiger partial charge on any atom is 0.233 e. The standard InChI is InChI=1S/C19H23BrN2O3/c1-21(12-13-6-2-5-9-16(13)20)17(23)10-11-22-18(24)14-7-3-4-8-15(14)19(22)25/h2,5-6,9,14-15H,3-4,7-8,10-12H2,1H3. The van der Waals surface area contributed by atoms with Crippen LogP contribution in [0, 0.1) is 11.8 Å². The van der Waals surface area contributed by atoms with E-state index >= 15 is 0 Å². The molecule has 3 amide bonds. The monoisotopic (exact) mass is 406 g/mol. The Hall–Kier alpha value is -1.69. The van der Waals surface area contributed by atoms with Gasteiger partial charge in [0.2, 0.25) is 17.7 Å². The maximum atomic E-state index is 12.4. The van der Waals surface area contributed by atoms with E-state index in [0.717, 1.165) is 35.7 Å². The molecule has 2 aliphatic rings. The number of halogens is 1. The minimum Gasteiger partial charge on any atom is -0.341 e. The zero-order valence-corrected chi connectivity index (χ0v) is 16.0. The first kappa shape index (κ1) is 18.1. The van der Waals surface area contributed by atoms with E-state index in [2.05, 4.69) is 15.9 Å². The van der Waals surface area contributed by atoms with E-state index in [9.17, 15) is 14.4 Å². The first-order valence-corrected chi connectivity index (χ1v) is 9.61. The number of benzene rings is 1. The minimum absolute atomic E-state index is 0.0637. The van der Waals surface area contributed by atoms with Gasteiger partial charge in [0.25, 0.3) is 0 Å². The molecule has 1 aliphatic heterocycles. The van der Waals surface area contributed by atoms with Crippen LogP contribution in [-0.4, -0.2) is 41.1 Å². The highest BCUT2D eigenvalue weighted by atomic mass is 79.9. The molecule has 6 heteroatoms. The number of rotatable bonds is 5. The van der Waals surface area contributed by atoms with Crippen LogP contribution in [-0.2, 0) is 20.9 Å². The predicted molar refractivity (Wildman–Crippen MR) is 97.4 cm³/mol. The molecule has 0 aromatic heterocycles. The molecule has 2 fully saturated rings. The van der Waals surface area contributed by atoms with Crippen molar-refractivity contribution in [3.05, 3.63) is 34.3 Å². The van der Waals surface area contributed by atoms with Gasteiger partial charge in [-0.3, -0.25) is 19.3 Å². The lowest BCUT2D eigenvalue weighted by Crippen LogP contribution is -2.36. The third-order valence-corrected chi connectivity index (χ3v) is 6.05. The van der Waals surface area contributed by atoms with Gasteiger partial charge in [-0.25, -0.2) is 0 Å². The van der Waals surface area contributed by atoms with Crippen LogP contribution in [0.4, 0.5) is 0 Å². The molecule has 0 N–H and O–H groups in total. The Balaban J connectivity index is 1.56. The van der Waals surface area contributed by atoms with Crippen molar-refractivity contribution < 1.29 is 14.4 Å². The number of hydrogen-bond acceptors (Lipinski definition) is 3. The molecule has 1 heterocycles. The second-order valence-electron chi connectivity index (χ2n) is 6.92. The van der Waals surface area contributed by atoms with Gasteiger partial charge < -0.3 is 4.90 Å². The molecule has 2 atom stereocenters. The quantitative estimate of drug-likeness (QED) is 0.706. The molecule has 134 valence electrons. The summed E-state index contributed by atoms with van der Waals surface area (Å²) in [5, 5.41) is 0. The smallest absolute Gasteiger partial charge is 0.233 e. The molecule has 0 radical (unpaired) electrons. The van der Waals surface area contributed by atoms with Crippen LogP contribution < -0.4 is 0 Å². The number of carbonyl (C=O) groups excluding carboxylic acids is 3. The van der Waals surface area contributed by atoms with Crippen molar-refractivity contribution in [1.29, 1.82) is 0 Å². The Morgan fingerprint density at radius 3 is 2.36 bits per heavy atom. The van der Waals surface area contributed by atoms with Gasteiger partial charge in [-0.15, -0.1) is 0 Å². The van der Waals surface area contributed by atoms with Crippen LogP contribution >= 0.6 is 15.9 Å². The molecule has 1 saturated heterocycles. The van der Waals surface area contributed by atoms with Crippen molar-refractivity contribution in [1.82, 2.24) is 9.80 Å². The fraction of sp³-hybridized carbons (Fsp3) is 0.526. The number of carbonyl (C=O) groups is 3. The highest BCUT2D eigenvalue weighted by Gasteiger charge is 2.47.